The first-order valence-electron chi connectivity index (χ1n) is 19.1. The fraction of sp³-hybridized carbons (Fsp3) is 0. The summed E-state index contributed by atoms with van der Waals surface area (Å²) in [5.41, 5.74) is 10.6. The molecule has 0 N–H and O–H groups in total. The van der Waals surface area contributed by atoms with Crippen LogP contribution in [0.1, 0.15) is 0 Å². The second-order valence-electron chi connectivity index (χ2n) is 14.3. The molecular formula is C52H31N5S. The Morgan fingerprint density at radius 1 is 0.397 bits per heavy atom. The van der Waals surface area contributed by atoms with Crippen molar-refractivity contribution in [3.8, 4) is 62.1 Å². The summed E-state index contributed by atoms with van der Waals surface area (Å²) >= 11 is 1.82. The van der Waals surface area contributed by atoms with E-state index in [4.69, 9.17) is 21.5 Å². The van der Waals surface area contributed by atoms with Crippen LogP contribution in [0.15, 0.2) is 188 Å². The predicted octanol–water partition coefficient (Wildman–Crippen LogP) is 14.2. The first-order valence-corrected chi connectivity index (χ1v) is 19.9. The molecule has 0 radical (unpaired) electrons. The van der Waals surface area contributed by atoms with Gasteiger partial charge in [-0.2, -0.15) is 0 Å². The van der Waals surface area contributed by atoms with Gasteiger partial charge in [0.05, 0.1) is 23.3 Å². The fourth-order valence-electron chi connectivity index (χ4n) is 8.09. The van der Waals surface area contributed by atoms with E-state index in [1.165, 1.54) is 20.2 Å². The van der Waals surface area contributed by atoms with Crippen LogP contribution in [0, 0.1) is 6.57 Å². The average Bonchev–Trinajstić information content (AvgIpc) is 3.84. The molecule has 0 unspecified atom stereocenters. The van der Waals surface area contributed by atoms with E-state index in [9.17, 15) is 0 Å². The van der Waals surface area contributed by atoms with Crippen molar-refractivity contribution < 1.29 is 0 Å². The van der Waals surface area contributed by atoms with Crippen molar-refractivity contribution in [2.45, 2.75) is 0 Å². The quantitative estimate of drug-likeness (QED) is 0.159. The first-order chi connectivity index (χ1) is 28.7. The topological polar surface area (TPSA) is 48.0 Å². The summed E-state index contributed by atoms with van der Waals surface area (Å²) < 4.78 is 4.89. The van der Waals surface area contributed by atoms with Gasteiger partial charge in [-0.3, -0.25) is 0 Å². The Balaban J connectivity index is 1.21. The number of benzene rings is 8. The van der Waals surface area contributed by atoms with Gasteiger partial charge in [-0.25, -0.2) is 19.8 Å². The summed E-state index contributed by atoms with van der Waals surface area (Å²) in [7, 11) is 0. The molecule has 5 nitrogen and oxygen atoms in total. The van der Waals surface area contributed by atoms with Crippen LogP contribution in [0.2, 0.25) is 0 Å². The van der Waals surface area contributed by atoms with Crippen molar-refractivity contribution in [2.24, 2.45) is 0 Å². The minimum atomic E-state index is 0.582. The molecule has 0 aliphatic rings. The Morgan fingerprint density at radius 2 is 0.966 bits per heavy atom. The molecule has 6 heteroatoms. The molecule has 58 heavy (non-hydrogen) atoms. The van der Waals surface area contributed by atoms with Crippen LogP contribution >= 0.6 is 11.3 Å². The van der Waals surface area contributed by atoms with Gasteiger partial charge in [-0.1, -0.05) is 140 Å². The average molecular weight is 758 g/mol. The third-order valence-corrected chi connectivity index (χ3v) is 12.0. The maximum Gasteiger partial charge on any atom is 0.187 e. The highest BCUT2D eigenvalue weighted by molar-refractivity contribution is 7.25. The standard InChI is InChI=1S/C52H31N5S/c1-53-39-18-12-17-35(29-39)38-23-26-41-40-19-8-10-21-45(40)57(47(41)32-38)46-27-24-36(37-25-28-49-43(30-37)42-20-9-11-22-48(42)58-49)31-44(46)52-55-50(33-13-4-2-5-14-33)54-51(56-52)34-15-6-3-7-16-34/h2-32H. The summed E-state index contributed by atoms with van der Waals surface area (Å²) in [5, 5.41) is 4.80. The Morgan fingerprint density at radius 3 is 1.74 bits per heavy atom. The summed E-state index contributed by atoms with van der Waals surface area (Å²) in [4.78, 5) is 19.3. The molecule has 0 atom stereocenters. The molecular weight excluding hydrogens is 727 g/mol. The van der Waals surface area contributed by atoms with Crippen molar-refractivity contribution >= 4 is 59.0 Å². The summed E-state index contributed by atoms with van der Waals surface area (Å²) in [5.74, 6) is 1.80. The van der Waals surface area contributed by atoms with Gasteiger partial charge >= 0.3 is 0 Å². The smallest absolute Gasteiger partial charge is 0.187 e. The van der Waals surface area contributed by atoms with Crippen molar-refractivity contribution in [1.29, 1.82) is 0 Å². The molecule has 0 saturated carbocycles. The molecule has 8 aromatic carbocycles. The minimum Gasteiger partial charge on any atom is -0.308 e. The zero-order valence-corrected chi connectivity index (χ0v) is 31.9. The monoisotopic (exact) mass is 757 g/mol. The zero-order valence-electron chi connectivity index (χ0n) is 31.0. The lowest BCUT2D eigenvalue weighted by Crippen LogP contribution is -2.04. The van der Waals surface area contributed by atoms with Gasteiger partial charge in [-0.05, 0) is 70.8 Å². The minimum absolute atomic E-state index is 0.582. The van der Waals surface area contributed by atoms with Crippen LogP contribution in [-0.2, 0) is 0 Å². The van der Waals surface area contributed by atoms with Crippen molar-refractivity contribution in [1.82, 2.24) is 19.5 Å². The van der Waals surface area contributed by atoms with E-state index in [0.29, 0.717) is 23.2 Å². The fourth-order valence-corrected chi connectivity index (χ4v) is 9.18. The Labute approximate surface area is 338 Å². The van der Waals surface area contributed by atoms with Crippen molar-refractivity contribution in [3.63, 3.8) is 0 Å². The highest BCUT2D eigenvalue weighted by Gasteiger charge is 2.21. The summed E-state index contributed by atoms with van der Waals surface area (Å²) in [6.07, 6.45) is 0. The van der Waals surface area contributed by atoms with Crippen molar-refractivity contribution in [2.75, 3.05) is 0 Å². The highest BCUT2D eigenvalue weighted by atomic mass is 32.1. The SMILES string of the molecule is [C-]#[N+]c1cccc(-c2ccc3c4ccccc4n(-c4ccc(-c5ccc6sc7ccccc7c6c5)cc4-c4nc(-c5ccccc5)nc(-c5ccccc5)n4)c3c2)c1. The number of fused-ring (bicyclic) bond motifs is 6. The molecule has 0 fully saturated rings. The maximum absolute atomic E-state index is 7.65. The van der Waals surface area contributed by atoms with Gasteiger partial charge in [0.1, 0.15) is 0 Å². The van der Waals surface area contributed by atoms with Gasteiger partial charge in [0, 0.05) is 47.6 Å². The van der Waals surface area contributed by atoms with E-state index in [2.05, 4.69) is 119 Å². The Kier molecular flexibility index (Phi) is 7.99. The lowest BCUT2D eigenvalue weighted by molar-refractivity contribution is 1.06. The third kappa shape index (κ3) is 5.73. The lowest BCUT2D eigenvalue weighted by atomic mass is 9.99. The predicted molar refractivity (Wildman–Crippen MR) is 240 cm³/mol. The van der Waals surface area contributed by atoms with Crippen LogP contribution in [0.5, 0.6) is 0 Å². The molecule has 0 bridgehead atoms. The molecule has 0 aliphatic heterocycles. The van der Waals surface area contributed by atoms with E-state index < -0.39 is 0 Å². The van der Waals surface area contributed by atoms with Crippen LogP contribution in [0.4, 0.5) is 5.69 Å². The van der Waals surface area contributed by atoms with E-state index in [0.717, 1.165) is 66.4 Å². The van der Waals surface area contributed by atoms with Gasteiger partial charge in [0.15, 0.2) is 23.2 Å². The van der Waals surface area contributed by atoms with Crippen LogP contribution in [0.3, 0.4) is 0 Å². The number of rotatable bonds is 6. The van der Waals surface area contributed by atoms with Gasteiger partial charge < -0.3 is 4.57 Å². The number of thiophene rings is 1. The molecule has 3 aromatic heterocycles. The summed E-state index contributed by atoms with van der Waals surface area (Å²) in [6.45, 7) is 7.65. The molecule has 3 heterocycles. The van der Waals surface area contributed by atoms with Gasteiger partial charge in [0.25, 0.3) is 0 Å². The lowest BCUT2D eigenvalue weighted by Gasteiger charge is -2.17. The number of para-hydroxylation sites is 1. The third-order valence-electron chi connectivity index (χ3n) is 10.9. The molecule has 270 valence electrons. The van der Waals surface area contributed by atoms with Crippen molar-refractivity contribution in [3.05, 3.63) is 199 Å². The summed E-state index contributed by atoms with van der Waals surface area (Å²) in [6, 6.07) is 65.3. The normalized spacial score (nSPS) is 11.4. The molecule has 0 aliphatic carbocycles. The number of hydrogen-bond donors (Lipinski definition) is 0. The zero-order chi connectivity index (χ0) is 38.6. The van der Waals surface area contributed by atoms with E-state index in [1.54, 1.807) is 0 Å². The first kappa shape index (κ1) is 33.6. The van der Waals surface area contributed by atoms with E-state index >= 15 is 0 Å². The largest absolute Gasteiger partial charge is 0.308 e. The Bertz CT molecular complexity index is 3360. The van der Waals surface area contributed by atoms with Gasteiger partial charge in [0.2, 0.25) is 0 Å². The Hall–Kier alpha value is -7.72. The van der Waals surface area contributed by atoms with E-state index in [1.807, 2.05) is 90.2 Å². The van der Waals surface area contributed by atoms with E-state index in [-0.39, 0.29) is 0 Å². The molecule has 11 aromatic rings. The molecule has 0 saturated heterocycles. The maximum atomic E-state index is 7.65. The molecule has 0 spiro atoms. The highest BCUT2D eigenvalue weighted by Crippen LogP contribution is 2.41. The number of aromatic nitrogens is 4. The van der Waals surface area contributed by atoms with Crippen LogP contribution in [0.25, 0.3) is 109 Å². The van der Waals surface area contributed by atoms with Crippen LogP contribution in [-0.4, -0.2) is 19.5 Å². The van der Waals surface area contributed by atoms with Gasteiger partial charge in [-0.15, -0.1) is 11.3 Å². The number of nitrogens with zero attached hydrogens (tertiary/aromatic N) is 5. The molecule has 11 rings (SSSR count). The number of hydrogen-bond acceptors (Lipinski definition) is 4. The molecule has 0 amide bonds. The second-order valence-corrected chi connectivity index (χ2v) is 15.4. The second kappa shape index (κ2) is 13.8. The van der Waals surface area contributed by atoms with Crippen LogP contribution < -0.4 is 0 Å².